The van der Waals surface area contributed by atoms with Gasteiger partial charge in [0.1, 0.15) is 17.9 Å². The average Bonchev–Trinajstić information content (AvgIpc) is 2.93. The van der Waals surface area contributed by atoms with Gasteiger partial charge in [-0.05, 0) is 0 Å². The Hall–Kier alpha value is -1.77. The van der Waals surface area contributed by atoms with Crippen molar-refractivity contribution in [3.63, 3.8) is 0 Å². The van der Waals surface area contributed by atoms with E-state index in [4.69, 9.17) is 15.6 Å². The second-order valence-corrected chi connectivity index (χ2v) is 4.22. The molecule has 96 valence electrons. The summed E-state index contributed by atoms with van der Waals surface area (Å²) >= 11 is 0. The minimum absolute atomic E-state index is 0.128. The molecule has 2 aromatic rings. The molecule has 0 aromatic carbocycles. The Morgan fingerprint density at radius 1 is 1.44 bits per heavy atom. The fourth-order valence-electron chi connectivity index (χ4n) is 2.15. The first-order valence-electron chi connectivity index (χ1n) is 5.58. The van der Waals surface area contributed by atoms with E-state index in [0.717, 1.165) is 0 Å². The summed E-state index contributed by atoms with van der Waals surface area (Å²) in [6.45, 7) is -0.128. The molecule has 1 aliphatic rings. The molecule has 18 heavy (non-hydrogen) atoms. The summed E-state index contributed by atoms with van der Waals surface area (Å²) in [5.74, 6) is 0.282. The van der Waals surface area contributed by atoms with E-state index in [1.807, 2.05) is 0 Å². The van der Waals surface area contributed by atoms with E-state index in [1.165, 1.54) is 12.7 Å². The summed E-state index contributed by atoms with van der Waals surface area (Å²) in [6.07, 6.45) is 1.52. The van der Waals surface area contributed by atoms with Crippen molar-refractivity contribution >= 4 is 17.0 Å². The number of nitrogen functional groups attached to an aromatic ring is 1. The van der Waals surface area contributed by atoms with E-state index in [2.05, 4.69) is 15.0 Å². The van der Waals surface area contributed by atoms with Crippen molar-refractivity contribution in [3.05, 3.63) is 12.7 Å². The quantitative estimate of drug-likeness (QED) is 0.629. The van der Waals surface area contributed by atoms with Gasteiger partial charge in [0.05, 0.1) is 19.0 Å². The topological polar surface area (TPSA) is 119 Å². The van der Waals surface area contributed by atoms with Crippen LogP contribution in [-0.4, -0.2) is 48.5 Å². The third-order valence-electron chi connectivity index (χ3n) is 3.03. The van der Waals surface area contributed by atoms with Crippen molar-refractivity contribution in [2.45, 2.75) is 24.9 Å². The average molecular weight is 251 g/mol. The summed E-state index contributed by atoms with van der Waals surface area (Å²) < 4.78 is 7.14. The third-order valence-corrected chi connectivity index (χ3v) is 3.03. The van der Waals surface area contributed by atoms with Crippen LogP contribution in [0.4, 0.5) is 5.82 Å². The Morgan fingerprint density at radius 2 is 2.28 bits per heavy atom. The highest BCUT2D eigenvalue weighted by Gasteiger charge is 2.35. The van der Waals surface area contributed by atoms with Gasteiger partial charge in [-0.15, -0.1) is 0 Å². The second-order valence-electron chi connectivity index (χ2n) is 4.22. The van der Waals surface area contributed by atoms with Crippen LogP contribution in [0.5, 0.6) is 0 Å². The van der Waals surface area contributed by atoms with E-state index >= 15 is 0 Å². The standard InChI is InChI=1S/C10H13N5O3/c11-8-7-9(13-3-12-8)15(4-14-7)10-6(17)1-5(2-16)18-10/h3-6,10,16-17H,1-2H2,(H2,11,12,13)/t5-,6?,10+/m1/s1. The first kappa shape index (κ1) is 11.3. The van der Waals surface area contributed by atoms with Crippen molar-refractivity contribution in [1.82, 2.24) is 19.5 Å². The highest BCUT2D eigenvalue weighted by atomic mass is 16.5. The molecule has 0 aliphatic carbocycles. The number of nitrogens with two attached hydrogens (primary N) is 1. The number of rotatable bonds is 2. The maximum absolute atomic E-state index is 9.93. The molecule has 8 heteroatoms. The van der Waals surface area contributed by atoms with Crippen LogP contribution in [-0.2, 0) is 4.74 Å². The van der Waals surface area contributed by atoms with Gasteiger partial charge in [-0.25, -0.2) is 15.0 Å². The summed E-state index contributed by atoms with van der Waals surface area (Å²) in [7, 11) is 0. The largest absolute Gasteiger partial charge is 0.394 e. The first-order valence-corrected chi connectivity index (χ1v) is 5.58. The zero-order chi connectivity index (χ0) is 12.7. The molecule has 2 aromatic heterocycles. The zero-order valence-corrected chi connectivity index (χ0v) is 9.47. The van der Waals surface area contributed by atoms with Crippen LogP contribution in [0.15, 0.2) is 12.7 Å². The monoisotopic (exact) mass is 251 g/mol. The molecule has 0 bridgehead atoms. The maximum atomic E-state index is 9.93. The molecule has 0 saturated carbocycles. The van der Waals surface area contributed by atoms with Gasteiger partial charge >= 0.3 is 0 Å². The van der Waals surface area contributed by atoms with E-state index in [9.17, 15) is 5.11 Å². The van der Waals surface area contributed by atoms with Crippen LogP contribution in [0.25, 0.3) is 11.2 Å². The minimum atomic E-state index is -0.712. The Labute approximate surface area is 102 Å². The van der Waals surface area contributed by atoms with Gasteiger partial charge in [-0.2, -0.15) is 0 Å². The molecule has 1 fully saturated rings. The minimum Gasteiger partial charge on any atom is -0.394 e. The third kappa shape index (κ3) is 1.62. The van der Waals surface area contributed by atoms with Crippen LogP contribution < -0.4 is 5.73 Å². The lowest BCUT2D eigenvalue weighted by molar-refractivity contribution is -0.0486. The van der Waals surface area contributed by atoms with Gasteiger partial charge < -0.3 is 20.7 Å². The fraction of sp³-hybridized carbons (Fsp3) is 0.500. The number of imidazole rings is 1. The van der Waals surface area contributed by atoms with Crippen molar-refractivity contribution in [1.29, 1.82) is 0 Å². The summed E-state index contributed by atoms with van der Waals surface area (Å²) in [5, 5.41) is 19.0. The highest BCUT2D eigenvalue weighted by Crippen LogP contribution is 2.31. The molecular weight excluding hydrogens is 238 g/mol. The molecule has 0 amide bonds. The van der Waals surface area contributed by atoms with Crippen molar-refractivity contribution in [2.24, 2.45) is 0 Å². The lowest BCUT2D eigenvalue weighted by Crippen LogP contribution is -2.19. The Balaban J connectivity index is 2.02. The SMILES string of the molecule is Nc1ncnc2c1ncn2[C@H]1O[C@@H](CO)CC1O. The van der Waals surface area contributed by atoms with E-state index < -0.39 is 12.3 Å². The predicted molar refractivity (Wildman–Crippen MR) is 61.4 cm³/mol. The number of fused-ring (bicyclic) bond motifs is 1. The lowest BCUT2D eigenvalue weighted by Gasteiger charge is -2.16. The molecule has 0 radical (unpaired) electrons. The van der Waals surface area contributed by atoms with Gasteiger partial charge in [0.25, 0.3) is 0 Å². The Kier molecular flexibility index (Phi) is 2.62. The molecule has 8 nitrogen and oxygen atoms in total. The van der Waals surface area contributed by atoms with E-state index in [0.29, 0.717) is 17.6 Å². The molecule has 3 heterocycles. The fourth-order valence-corrected chi connectivity index (χ4v) is 2.15. The first-order chi connectivity index (χ1) is 8.70. The summed E-state index contributed by atoms with van der Waals surface area (Å²) in [5.41, 5.74) is 6.66. The number of hydrogen-bond acceptors (Lipinski definition) is 7. The number of anilines is 1. The van der Waals surface area contributed by atoms with Crippen LogP contribution in [0.2, 0.25) is 0 Å². The number of aliphatic hydroxyl groups is 2. The number of aromatic nitrogens is 4. The Morgan fingerprint density at radius 3 is 3.00 bits per heavy atom. The highest BCUT2D eigenvalue weighted by molar-refractivity contribution is 5.81. The van der Waals surface area contributed by atoms with E-state index in [1.54, 1.807) is 4.57 Å². The molecular formula is C10H13N5O3. The number of ether oxygens (including phenoxy) is 1. The number of nitrogens with zero attached hydrogens (tertiary/aromatic N) is 4. The van der Waals surface area contributed by atoms with Crippen molar-refractivity contribution in [3.8, 4) is 0 Å². The van der Waals surface area contributed by atoms with E-state index in [-0.39, 0.29) is 18.5 Å². The van der Waals surface area contributed by atoms with Crippen LogP contribution in [0.3, 0.4) is 0 Å². The van der Waals surface area contributed by atoms with Gasteiger partial charge in [-0.1, -0.05) is 0 Å². The van der Waals surface area contributed by atoms with Crippen LogP contribution in [0.1, 0.15) is 12.6 Å². The molecule has 3 rings (SSSR count). The molecule has 0 spiro atoms. The molecule has 1 saturated heterocycles. The molecule has 1 unspecified atom stereocenters. The van der Waals surface area contributed by atoms with Gasteiger partial charge in [-0.3, -0.25) is 4.57 Å². The molecule has 3 atom stereocenters. The van der Waals surface area contributed by atoms with Crippen molar-refractivity contribution < 1.29 is 14.9 Å². The molecule has 4 N–H and O–H groups in total. The predicted octanol–water partition coefficient (Wildman–Crippen LogP) is -0.951. The summed E-state index contributed by atoms with van der Waals surface area (Å²) in [4.78, 5) is 12.0. The normalized spacial score (nSPS) is 28.0. The van der Waals surface area contributed by atoms with Gasteiger partial charge in [0.15, 0.2) is 17.7 Å². The zero-order valence-electron chi connectivity index (χ0n) is 9.47. The maximum Gasteiger partial charge on any atom is 0.167 e. The number of hydrogen-bond donors (Lipinski definition) is 3. The lowest BCUT2D eigenvalue weighted by atomic mass is 10.2. The second kappa shape index (κ2) is 4.16. The summed E-state index contributed by atoms with van der Waals surface area (Å²) in [6, 6.07) is 0. The van der Waals surface area contributed by atoms with Crippen LogP contribution in [0, 0.1) is 0 Å². The van der Waals surface area contributed by atoms with Gasteiger partial charge in [0.2, 0.25) is 0 Å². The van der Waals surface area contributed by atoms with Gasteiger partial charge in [0, 0.05) is 6.42 Å². The smallest absolute Gasteiger partial charge is 0.167 e. The molecule has 1 aliphatic heterocycles. The van der Waals surface area contributed by atoms with Crippen LogP contribution >= 0.6 is 0 Å². The Bertz CT molecular complexity index is 572. The van der Waals surface area contributed by atoms with Crippen molar-refractivity contribution in [2.75, 3.05) is 12.3 Å². The number of aliphatic hydroxyl groups excluding tert-OH is 2.